The van der Waals surface area contributed by atoms with Crippen LogP contribution in [-0.2, 0) is 9.84 Å². The van der Waals surface area contributed by atoms with Gasteiger partial charge in [-0.25, -0.2) is 13.4 Å². The summed E-state index contributed by atoms with van der Waals surface area (Å²) in [4.78, 5) is 11.7. The van der Waals surface area contributed by atoms with E-state index in [1.165, 1.54) is 18.2 Å². The average molecular weight is 427 g/mol. The maximum absolute atomic E-state index is 12.6. The highest BCUT2D eigenvalue weighted by atomic mass is 32.2. The zero-order chi connectivity index (χ0) is 20.1. The molecule has 0 aliphatic heterocycles. The number of pyridine rings is 1. The summed E-state index contributed by atoms with van der Waals surface area (Å²) < 4.78 is 63.0. The quantitative estimate of drug-likeness (QED) is 0.586. The number of thioether (sulfide) groups is 1. The van der Waals surface area contributed by atoms with Crippen molar-refractivity contribution in [3.8, 4) is 11.5 Å². The lowest BCUT2D eigenvalue weighted by atomic mass is 10.2. The molecule has 148 valence electrons. The lowest BCUT2D eigenvalue weighted by Crippen LogP contribution is -2.08. The smallest absolute Gasteiger partial charge is 0.337 e. The summed E-state index contributed by atoms with van der Waals surface area (Å²) in [6.45, 7) is 1.56. The molecule has 28 heavy (non-hydrogen) atoms. The first-order chi connectivity index (χ1) is 13.2. The number of H-pyrrole nitrogens is 1. The molecule has 1 aliphatic carbocycles. The van der Waals surface area contributed by atoms with E-state index in [2.05, 4.69) is 15.0 Å². The first-order valence-electron chi connectivity index (χ1n) is 8.65. The summed E-state index contributed by atoms with van der Waals surface area (Å²) in [5.41, 5.74) is -2.49. The maximum Gasteiger partial charge on any atom is 0.446 e. The largest absolute Gasteiger partial charge is 0.446 e. The molecule has 1 aromatic carbocycles. The lowest BCUT2D eigenvalue weighted by Gasteiger charge is -2.09. The zero-order valence-corrected chi connectivity index (χ0v) is 16.4. The van der Waals surface area contributed by atoms with E-state index >= 15 is 0 Å². The van der Waals surface area contributed by atoms with E-state index in [4.69, 9.17) is 0 Å². The molecule has 2 aromatic heterocycles. The first-order valence-corrected chi connectivity index (χ1v) is 11.1. The number of rotatable bonds is 5. The van der Waals surface area contributed by atoms with Crippen molar-refractivity contribution in [2.75, 3.05) is 5.75 Å². The van der Waals surface area contributed by atoms with Crippen LogP contribution in [0.5, 0.6) is 0 Å². The summed E-state index contributed by atoms with van der Waals surface area (Å²) >= 11 is -0.216. The Labute approximate surface area is 163 Å². The number of fused-ring (bicyclic) bond motifs is 1. The Morgan fingerprint density at radius 2 is 2.00 bits per heavy atom. The standard InChI is InChI=1S/C18H16F3N3O2S2/c1-2-28(25,26)15-7-11(10-3-4-10)9-22-16(15)17-23-13-6-5-12(8-14(13)24-17)27-18(19,20)21/h5-10H,2-4H2,1H3,(H,23,24). The van der Waals surface area contributed by atoms with Crippen LogP contribution in [-0.4, -0.2) is 34.6 Å². The fourth-order valence-corrected chi connectivity index (χ4v) is 4.62. The van der Waals surface area contributed by atoms with Gasteiger partial charge in [0.2, 0.25) is 0 Å². The van der Waals surface area contributed by atoms with Crippen LogP contribution in [0.4, 0.5) is 13.2 Å². The molecule has 1 aliphatic rings. The van der Waals surface area contributed by atoms with E-state index in [9.17, 15) is 21.6 Å². The first kappa shape index (κ1) is 19.3. The fourth-order valence-electron chi connectivity index (χ4n) is 2.97. The van der Waals surface area contributed by atoms with E-state index < -0.39 is 15.3 Å². The molecular weight excluding hydrogens is 411 g/mol. The topological polar surface area (TPSA) is 75.7 Å². The summed E-state index contributed by atoms with van der Waals surface area (Å²) in [6.07, 6.45) is 3.67. The van der Waals surface area contributed by atoms with Gasteiger partial charge in [-0.05, 0) is 60.4 Å². The Balaban J connectivity index is 1.81. The van der Waals surface area contributed by atoms with Crippen molar-refractivity contribution in [1.29, 1.82) is 0 Å². The van der Waals surface area contributed by atoms with Crippen LogP contribution < -0.4 is 0 Å². The van der Waals surface area contributed by atoms with Gasteiger partial charge in [0.1, 0.15) is 5.69 Å². The van der Waals surface area contributed by atoms with Crippen LogP contribution in [0.15, 0.2) is 40.3 Å². The van der Waals surface area contributed by atoms with Gasteiger partial charge in [0.15, 0.2) is 15.7 Å². The molecule has 10 heteroatoms. The fraction of sp³-hybridized carbons (Fsp3) is 0.333. The number of sulfone groups is 1. The molecule has 2 heterocycles. The van der Waals surface area contributed by atoms with Gasteiger partial charge >= 0.3 is 5.51 Å². The molecule has 0 saturated heterocycles. The van der Waals surface area contributed by atoms with Crippen LogP contribution in [0.1, 0.15) is 31.2 Å². The van der Waals surface area contributed by atoms with Crippen molar-refractivity contribution in [3.63, 3.8) is 0 Å². The second-order valence-corrected chi connectivity index (χ2v) is 9.99. The Hall–Kier alpha value is -2.07. The lowest BCUT2D eigenvalue weighted by molar-refractivity contribution is -0.0328. The van der Waals surface area contributed by atoms with E-state index in [-0.39, 0.29) is 38.8 Å². The van der Waals surface area contributed by atoms with Crippen molar-refractivity contribution in [1.82, 2.24) is 15.0 Å². The molecule has 0 amide bonds. The molecule has 0 bridgehead atoms. The van der Waals surface area contributed by atoms with Gasteiger partial charge in [-0.15, -0.1) is 0 Å². The number of halogens is 3. The minimum absolute atomic E-state index is 0.0219. The Bertz CT molecular complexity index is 1150. The Morgan fingerprint density at radius 1 is 1.25 bits per heavy atom. The second kappa shape index (κ2) is 6.77. The van der Waals surface area contributed by atoms with Crippen LogP contribution in [0.3, 0.4) is 0 Å². The van der Waals surface area contributed by atoms with Crippen molar-refractivity contribution in [2.45, 2.75) is 41.0 Å². The summed E-state index contributed by atoms with van der Waals surface area (Å²) in [5.74, 6) is 0.478. The molecule has 4 rings (SSSR count). The SMILES string of the molecule is CCS(=O)(=O)c1cc(C2CC2)cnc1-c1nc2ccc(SC(F)(F)F)cc2[nH]1. The molecule has 3 aromatic rings. The predicted molar refractivity (Wildman–Crippen MR) is 101 cm³/mol. The molecule has 0 unspecified atom stereocenters. The van der Waals surface area contributed by atoms with E-state index in [1.807, 2.05) is 0 Å². The average Bonchev–Trinajstić information content (AvgIpc) is 3.39. The van der Waals surface area contributed by atoms with Crippen LogP contribution in [0, 0.1) is 0 Å². The number of benzene rings is 1. The van der Waals surface area contributed by atoms with Gasteiger partial charge in [0.05, 0.1) is 21.7 Å². The number of imidazole rings is 1. The third kappa shape index (κ3) is 3.88. The molecule has 0 radical (unpaired) electrons. The number of aromatic amines is 1. The monoisotopic (exact) mass is 427 g/mol. The molecule has 1 saturated carbocycles. The van der Waals surface area contributed by atoms with E-state index in [0.29, 0.717) is 17.0 Å². The Kier molecular flexibility index (Phi) is 4.65. The van der Waals surface area contributed by atoms with Crippen LogP contribution >= 0.6 is 11.8 Å². The third-order valence-electron chi connectivity index (χ3n) is 4.55. The predicted octanol–water partition coefficient (Wildman–Crippen LogP) is 4.91. The van der Waals surface area contributed by atoms with Gasteiger partial charge < -0.3 is 4.98 Å². The zero-order valence-electron chi connectivity index (χ0n) is 14.7. The second-order valence-electron chi connectivity index (χ2n) is 6.61. The van der Waals surface area contributed by atoms with Gasteiger partial charge in [-0.2, -0.15) is 13.2 Å². The maximum atomic E-state index is 12.6. The minimum Gasteiger partial charge on any atom is -0.337 e. The highest BCUT2D eigenvalue weighted by molar-refractivity contribution is 8.00. The number of hydrogen-bond acceptors (Lipinski definition) is 5. The number of aromatic nitrogens is 3. The van der Waals surface area contributed by atoms with Crippen molar-refractivity contribution >= 4 is 32.6 Å². The van der Waals surface area contributed by atoms with Crippen molar-refractivity contribution in [3.05, 3.63) is 36.0 Å². The molecule has 0 spiro atoms. The van der Waals surface area contributed by atoms with Crippen LogP contribution in [0.2, 0.25) is 0 Å². The van der Waals surface area contributed by atoms with Gasteiger partial charge in [-0.1, -0.05) is 6.92 Å². The molecular formula is C18H16F3N3O2S2. The van der Waals surface area contributed by atoms with Gasteiger partial charge in [0, 0.05) is 11.1 Å². The van der Waals surface area contributed by atoms with E-state index in [1.54, 1.807) is 19.2 Å². The van der Waals surface area contributed by atoms with E-state index in [0.717, 1.165) is 18.4 Å². The molecule has 1 N–H and O–H groups in total. The van der Waals surface area contributed by atoms with Crippen molar-refractivity contribution in [2.24, 2.45) is 0 Å². The minimum atomic E-state index is -4.39. The highest BCUT2D eigenvalue weighted by Crippen LogP contribution is 2.42. The van der Waals surface area contributed by atoms with Gasteiger partial charge in [-0.3, -0.25) is 4.98 Å². The molecule has 5 nitrogen and oxygen atoms in total. The highest BCUT2D eigenvalue weighted by Gasteiger charge is 2.30. The summed E-state index contributed by atoms with van der Waals surface area (Å²) in [5, 5.41) is 0. The summed E-state index contributed by atoms with van der Waals surface area (Å²) in [7, 11) is -3.55. The number of nitrogens with one attached hydrogen (secondary N) is 1. The van der Waals surface area contributed by atoms with Gasteiger partial charge in [0.25, 0.3) is 0 Å². The molecule has 1 fully saturated rings. The third-order valence-corrected chi connectivity index (χ3v) is 7.01. The normalized spacial score (nSPS) is 15.3. The molecule has 0 atom stereocenters. The van der Waals surface area contributed by atoms with Crippen molar-refractivity contribution < 1.29 is 21.6 Å². The number of alkyl halides is 3. The number of nitrogens with zero attached hydrogens (tertiary/aromatic N) is 2. The van der Waals surface area contributed by atoms with Crippen LogP contribution in [0.25, 0.3) is 22.6 Å². The Morgan fingerprint density at radius 3 is 2.64 bits per heavy atom. The number of hydrogen-bond donors (Lipinski definition) is 1. The summed E-state index contributed by atoms with van der Waals surface area (Å²) in [6, 6.07) is 5.79.